The summed E-state index contributed by atoms with van der Waals surface area (Å²) in [5.74, 6) is -1.77. The number of nitrogens with one attached hydrogen (secondary N) is 1. The lowest BCUT2D eigenvalue weighted by molar-refractivity contribution is -0.139. The Bertz CT molecular complexity index is 514. The van der Waals surface area contributed by atoms with Crippen molar-refractivity contribution < 1.29 is 24.9 Å². The molecule has 0 bridgehead atoms. The zero-order chi connectivity index (χ0) is 16.0. The van der Waals surface area contributed by atoms with Gasteiger partial charge in [-0.3, -0.25) is 0 Å². The summed E-state index contributed by atoms with van der Waals surface area (Å²) >= 11 is 0. The molecule has 1 aromatic carbocycles. The van der Waals surface area contributed by atoms with E-state index < -0.39 is 18.0 Å². The summed E-state index contributed by atoms with van der Waals surface area (Å²) in [6.07, 6.45) is 0.0101. The maximum absolute atomic E-state index is 11.9. The molecule has 1 atom stereocenters. The first-order valence-electron chi connectivity index (χ1n) is 6.68. The third-order valence-electron chi connectivity index (χ3n) is 3.13. The first kappa shape index (κ1) is 16.6. The molecule has 0 radical (unpaired) electrons. The minimum absolute atomic E-state index is 0.0101. The highest BCUT2D eigenvalue weighted by atomic mass is 16.4. The Morgan fingerprint density at radius 1 is 1.19 bits per heavy atom. The monoisotopic (exact) mass is 296 g/mol. The predicted molar refractivity (Wildman–Crippen MR) is 76.4 cm³/mol. The number of amides is 2. The Morgan fingerprint density at radius 2 is 1.81 bits per heavy atom. The second-order valence-corrected chi connectivity index (χ2v) is 4.54. The Kier molecular flexibility index (Phi) is 5.83. The number of carboxylic acid groups (broad SMARTS) is 1. The molecular weight excluding hydrogens is 276 g/mol. The number of carbonyl (C=O) groups excluding carboxylic acids is 1. The van der Waals surface area contributed by atoms with E-state index in [-0.39, 0.29) is 17.9 Å². The van der Waals surface area contributed by atoms with Crippen LogP contribution in [-0.4, -0.2) is 51.4 Å². The number of aliphatic carboxylic acids is 1. The van der Waals surface area contributed by atoms with E-state index in [9.17, 15) is 24.9 Å². The smallest absolute Gasteiger partial charge is 0.326 e. The number of urea groups is 1. The van der Waals surface area contributed by atoms with E-state index in [0.29, 0.717) is 18.7 Å². The highest BCUT2D eigenvalue weighted by Gasteiger charge is 2.22. The van der Waals surface area contributed by atoms with Crippen molar-refractivity contribution in [1.29, 1.82) is 0 Å². The van der Waals surface area contributed by atoms with Gasteiger partial charge in [0.25, 0.3) is 0 Å². The van der Waals surface area contributed by atoms with Gasteiger partial charge in [0, 0.05) is 19.5 Å². The van der Waals surface area contributed by atoms with Crippen LogP contribution in [0.25, 0.3) is 0 Å². The molecule has 0 saturated heterocycles. The number of carbonyl (C=O) groups is 2. The molecule has 0 heterocycles. The quantitative estimate of drug-likeness (QED) is 0.588. The van der Waals surface area contributed by atoms with Gasteiger partial charge in [0.05, 0.1) is 0 Å². The number of hydrogen-bond acceptors (Lipinski definition) is 4. The molecule has 0 fully saturated rings. The van der Waals surface area contributed by atoms with Gasteiger partial charge < -0.3 is 25.5 Å². The van der Waals surface area contributed by atoms with Gasteiger partial charge >= 0.3 is 12.0 Å². The van der Waals surface area contributed by atoms with Crippen molar-refractivity contribution >= 4 is 12.0 Å². The van der Waals surface area contributed by atoms with Crippen molar-refractivity contribution in [1.82, 2.24) is 10.2 Å². The zero-order valence-corrected chi connectivity index (χ0v) is 12.0. The van der Waals surface area contributed by atoms with Crippen LogP contribution in [0.3, 0.4) is 0 Å². The highest BCUT2D eigenvalue weighted by molar-refractivity contribution is 5.82. The number of hydrogen-bond donors (Lipinski definition) is 4. The molecule has 0 saturated carbocycles. The van der Waals surface area contributed by atoms with Gasteiger partial charge in [0.1, 0.15) is 6.04 Å². The SMILES string of the molecule is CCN(CC)C(=O)N[C@@H](Cc1ccc(O)c(O)c1)C(=O)O. The third kappa shape index (κ3) is 4.55. The number of carboxylic acids is 1. The van der Waals surface area contributed by atoms with Crippen LogP contribution in [0.1, 0.15) is 19.4 Å². The van der Waals surface area contributed by atoms with Crippen LogP contribution in [0.2, 0.25) is 0 Å². The molecule has 0 spiro atoms. The van der Waals surface area contributed by atoms with Crippen LogP contribution in [0.4, 0.5) is 4.79 Å². The normalized spacial score (nSPS) is 11.7. The van der Waals surface area contributed by atoms with Gasteiger partial charge in [-0.05, 0) is 31.5 Å². The Balaban J connectivity index is 2.80. The molecule has 21 heavy (non-hydrogen) atoms. The molecule has 4 N–H and O–H groups in total. The Hall–Kier alpha value is -2.44. The standard InChI is InChI=1S/C14H20N2O5/c1-3-16(4-2)14(21)15-10(13(19)20)7-9-5-6-11(17)12(18)8-9/h5-6,8,10,17-18H,3-4,7H2,1-2H3,(H,15,21)(H,19,20)/t10-/m0/s1. The van der Waals surface area contributed by atoms with E-state index in [2.05, 4.69) is 5.32 Å². The molecule has 2 amide bonds. The lowest BCUT2D eigenvalue weighted by Gasteiger charge is -2.22. The summed E-state index contributed by atoms with van der Waals surface area (Å²) in [5, 5.41) is 30.3. The maximum atomic E-state index is 11.9. The summed E-state index contributed by atoms with van der Waals surface area (Å²) < 4.78 is 0. The molecule has 0 aliphatic carbocycles. The molecular formula is C14H20N2O5. The minimum Gasteiger partial charge on any atom is -0.504 e. The van der Waals surface area contributed by atoms with Gasteiger partial charge in [0.15, 0.2) is 11.5 Å². The average Bonchev–Trinajstić information content (AvgIpc) is 2.43. The van der Waals surface area contributed by atoms with Crippen LogP contribution >= 0.6 is 0 Å². The van der Waals surface area contributed by atoms with E-state index in [1.165, 1.54) is 23.1 Å². The minimum atomic E-state index is -1.16. The molecule has 0 unspecified atom stereocenters. The van der Waals surface area contributed by atoms with Crippen molar-refractivity contribution in [2.45, 2.75) is 26.3 Å². The molecule has 0 aromatic heterocycles. The number of phenolic OH excluding ortho intramolecular Hbond substituents is 2. The first-order chi connectivity index (χ1) is 9.88. The average molecular weight is 296 g/mol. The van der Waals surface area contributed by atoms with Gasteiger partial charge in [0.2, 0.25) is 0 Å². The summed E-state index contributed by atoms with van der Waals surface area (Å²) in [6.45, 7) is 4.57. The van der Waals surface area contributed by atoms with Gasteiger partial charge in [-0.25, -0.2) is 9.59 Å². The summed E-state index contributed by atoms with van der Waals surface area (Å²) in [7, 11) is 0. The fraction of sp³-hybridized carbons (Fsp3) is 0.429. The van der Waals surface area contributed by atoms with Crippen LogP contribution in [0.15, 0.2) is 18.2 Å². The van der Waals surface area contributed by atoms with Gasteiger partial charge in [-0.2, -0.15) is 0 Å². The van der Waals surface area contributed by atoms with E-state index in [1.807, 2.05) is 0 Å². The van der Waals surface area contributed by atoms with Crippen molar-refractivity contribution in [2.24, 2.45) is 0 Å². The molecule has 1 rings (SSSR count). The van der Waals surface area contributed by atoms with E-state index in [4.69, 9.17) is 0 Å². The second kappa shape index (κ2) is 7.37. The number of aromatic hydroxyl groups is 2. The number of nitrogens with zero attached hydrogens (tertiary/aromatic N) is 1. The zero-order valence-electron chi connectivity index (χ0n) is 12.0. The van der Waals surface area contributed by atoms with E-state index >= 15 is 0 Å². The fourth-order valence-electron chi connectivity index (χ4n) is 1.88. The van der Waals surface area contributed by atoms with Crippen molar-refractivity contribution in [3.63, 3.8) is 0 Å². The molecule has 7 nitrogen and oxygen atoms in total. The third-order valence-corrected chi connectivity index (χ3v) is 3.13. The topological polar surface area (TPSA) is 110 Å². The molecule has 0 aliphatic rings. The number of benzene rings is 1. The van der Waals surface area contributed by atoms with Crippen molar-refractivity contribution in [3.8, 4) is 11.5 Å². The van der Waals surface area contributed by atoms with Crippen LogP contribution < -0.4 is 5.32 Å². The Morgan fingerprint density at radius 3 is 2.29 bits per heavy atom. The molecule has 116 valence electrons. The predicted octanol–water partition coefficient (Wildman–Crippen LogP) is 1.14. The highest BCUT2D eigenvalue weighted by Crippen LogP contribution is 2.25. The fourth-order valence-corrected chi connectivity index (χ4v) is 1.88. The molecule has 0 aliphatic heterocycles. The summed E-state index contributed by atoms with van der Waals surface area (Å²) in [4.78, 5) is 24.6. The number of rotatable bonds is 6. The summed E-state index contributed by atoms with van der Waals surface area (Å²) in [6, 6.07) is 2.48. The van der Waals surface area contributed by atoms with Crippen molar-refractivity contribution in [2.75, 3.05) is 13.1 Å². The van der Waals surface area contributed by atoms with Crippen LogP contribution in [0, 0.1) is 0 Å². The first-order valence-corrected chi connectivity index (χ1v) is 6.68. The maximum Gasteiger partial charge on any atom is 0.326 e. The lowest BCUT2D eigenvalue weighted by Crippen LogP contribution is -2.48. The Labute approximate surface area is 122 Å². The largest absolute Gasteiger partial charge is 0.504 e. The molecule has 1 aromatic rings. The van der Waals surface area contributed by atoms with Gasteiger partial charge in [-0.1, -0.05) is 6.07 Å². The van der Waals surface area contributed by atoms with E-state index in [0.717, 1.165) is 0 Å². The van der Waals surface area contributed by atoms with Gasteiger partial charge in [-0.15, -0.1) is 0 Å². The number of phenols is 2. The second-order valence-electron chi connectivity index (χ2n) is 4.54. The van der Waals surface area contributed by atoms with E-state index in [1.54, 1.807) is 13.8 Å². The van der Waals surface area contributed by atoms with Crippen molar-refractivity contribution in [3.05, 3.63) is 23.8 Å². The summed E-state index contributed by atoms with van der Waals surface area (Å²) in [5.41, 5.74) is 0.498. The van der Waals surface area contributed by atoms with Crippen LogP contribution in [0.5, 0.6) is 11.5 Å². The molecule has 7 heteroatoms. The lowest BCUT2D eigenvalue weighted by atomic mass is 10.1. The van der Waals surface area contributed by atoms with Crippen LogP contribution in [-0.2, 0) is 11.2 Å².